The Bertz CT molecular complexity index is 1020. The molecule has 4 nitrogen and oxygen atoms in total. The summed E-state index contributed by atoms with van der Waals surface area (Å²) in [6, 6.07) is 20.7. The van der Waals surface area contributed by atoms with Crippen LogP contribution in [0.1, 0.15) is 22.6 Å². The number of carbonyl (C=O) groups excluding carboxylic acids is 1. The maximum Gasteiger partial charge on any atom is 0.407 e. The van der Waals surface area contributed by atoms with Crippen LogP contribution in [-0.4, -0.2) is 31.0 Å². The second-order valence-electron chi connectivity index (χ2n) is 7.66. The fraction of sp³-hybridized carbons (Fsp3) is 0.240. The van der Waals surface area contributed by atoms with E-state index in [0.717, 1.165) is 22.3 Å². The number of rotatable bonds is 7. The number of hydrogen-bond acceptors (Lipinski definition) is 3. The highest BCUT2D eigenvalue weighted by Crippen LogP contribution is 2.44. The average molecular weight is 440 g/mol. The maximum atomic E-state index is 14.0. The molecule has 0 bridgehead atoms. The lowest BCUT2D eigenvalue weighted by Crippen LogP contribution is -2.33. The van der Waals surface area contributed by atoms with Gasteiger partial charge in [-0.2, -0.15) is 0 Å². The molecule has 1 aliphatic carbocycles. The van der Waals surface area contributed by atoms with Crippen molar-refractivity contribution in [3.05, 3.63) is 94.3 Å². The van der Waals surface area contributed by atoms with Crippen LogP contribution in [0.25, 0.3) is 11.1 Å². The molecule has 1 unspecified atom stereocenters. The Morgan fingerprint density at radius 1 is 1.03 bits per heavy atom. The minimum absolute atomic E-state index is 0.0241. The molecule has 4 rings (SSSR count). The lowest BCUT2D eigenvalue weighted by Gasteiger charge is -2.18. The average Bonchev–Trinajstić information content (AvgIpc) is 3.11. The third kappa shape index (κ3) is 4.58. The number of aliphatic hydroxyl groups is 1. The molecule has 0 aliphatic heterocycles. The standard InChI is InChI=1S/C25H23ClFNO3/c26-23-10-5-11-24(27)21(23)12-16(14-29)13-28-25(30)31-15-22-19-8-3-1-6-17(19)18-7-2-4-9-20(18)22/h1-11,16,22,29H,12-15H2,(H,28,30). The molecule has 1 aliphatic rings. The van der Waals surface area contributed by atoms with Crippen molar-refractivity contribution < 1.29 is 19.0 Å². The minimum atomic E-state index is -0.569. The first kappa shape index (κ1) is 21.3. The van der Waals surface area contributed by atoms with Crippen LogP contribution in [0.4, 0.5) is 9.18 Å². The smallest absolute Gasteiger partial charge is 0.407 e. The summed E-state index contributed by atoms with van der Waals surface area (Å²) in [7, 11) is 0. The lowest BCUT2D eigenvalue weighted by atomic mass is 9.98. The number of hydrogen-bond donors (Lipinski definition) is 2. The summed E-state index contributed by atoms with van der Waals surface area (Å²) in [4.78, 5) is 12.3. The summed E-state index contributed by atoms with van der Waals surface area (Å²) in [6.07, 6.45) is -0.356. The number of aliphatic hydroxyl groups excluding tert-OH is 1. The summed E-state index contributed by atoms with van der Waals surface area (Å²) in [5, 5.41) is 12.6. The Kier molecular flexibility index (Phi) is 6.54. The zero-order chi connectivity index (χ0) is 21.8. The van der Waals surface area contributed by atoms with Gasteiger partial charge in [0.2, 0.25) is 0 Å². The lowest BCUT2D eigenvalue weighted by molar-refractivity contribution is 0.138. The minimum Gasteiger partial charge on any atom is -0.449 e. The molecule has 0 fully saturated rings. The van der Waals surface area contributed by atoms with Gasteiger partial charge in [-0.1, -0.05) is 66.2 Å². The molecule has 1 amide bonds. The van der Waals surface area contributed by atoms with E-state index >= 15 is 0 Å². The van der Waals surface area contributed by atoms with Crippen LogP contribution < -0.4 is 5.32 Å². The number of amides is 1. The van der Waals surface area contributed by atoms with Crippen LogP contribution in [0, 0.1) is 11.7 Å². The van der Waals surface area contributed by atoms with E-state index in [1.165, 1.54) is 12.1 Å². The largest absolute Gasteiger partial charge is 0.449 e. The molecule has 3 aromatic carbocycles. The molecule has 3 aromatic rings. The van der Waals surface area contributed by atoms with Gasteiger partial charge < -0.3 is 15.2 Å². The third-order valence-corrected chi connectivity index (χ3v) is 6.05. The first-order valence-electron chi connectivity index (χ1n) is 10.2. The molecule has 0 heterocycles. The van der Waals surface area contributed by atoms with Crippen molar-refractivity contribution in [1.29, 1.82) is 0 Å². The number of halogens is 2. The number of nitrogens with one attached hydrogen (secondary N) is 1. The SMILES string of the molecule is O=C(NCC(CO)Cc1c(F)cccc1Cl)OCC1c2ccccc2-c2ccccc21. The highest BCUT2D eigenvalue weighted by atomic mass is 35.5. The highest BCUT2D eigenvalue weighted by Gasteiger charge is 2.29. The third-order valence-electron chi connectivity index (χ3n) is 5.69. The summed E-state index contributed by atoms with van der Waals surface area (Å²) < 4.78 is 19.5. The topological polar surface area (TPSA) is 58.6 Å². The Morgan fingerprint density at radius 3 is 2.29 bits per heavy atom. The fourth-order valence-corrected chi connectivity index (χ4v) is 4.33. The van der Waals surface area contributed by atoms with Gasteiger partial charge in [0.05, 0.1) is 0 Å². The molecular weight excluding hydrogens is 417 g/mol. The van der Waals surface area contributed by atoms with Crippen LogP contribution in [0.2, 0.25) is 5.02 Å². The molecular formula is C25H23ClFNO3. The van der Waals surface area contributed by atoms with E-state index in [1.54, 1.807) is 6.07 Å². The number of benzene rings is 3. The van der Waals surface area contributed by atoms with E-state index in [9.17, 15) is 14.3 Å². The van der Waals surface area contributed by atoms with Crippen molar-refractivity contribution in [3.8, 4) is 11.1 Å². The Balaban J connectivity index is 1.35. The van der Waals surface area contributed by atoms with Crippen LogP contribution in [0.5, 0.6) is 0 Å². The van der Waals surface area contributed by atoms with Gasteiger partial charge in [0.15, 0.2) is 0 Å². The van der Waals surface area contributed by atoms with Crippen molar-refractivity contribution in [3.63, 3.8) is 0 Å². The summed E-state index contributed by atoms with van der Waals surface area (Å²) in [5.41, 5.74) is 4.93. The van der Waals surface area contributed by atoms with E-state index in [-0.39, 0.29) is 38.0 Å². The molecule has 31 heavy (non-hydrogen) atoms. The number of ether oxygens (including phenoxy) is 1. The van der Waals surface area contributed by atoms with Gasteiger partial charge in [0, 0.05) is 35.6 Å². The molecule has 0 aromatic heterocycles. The number of alkyl carbamates (subject to hydrolysis) is 1. The van der Waals surface area contributed by atoms with Crippen LogP contribution >= 0.6 is 11.6 Å². The van der Waals surface area contributed by atoms with Gasteiger partial charge in [-0.25, -0.2) is 9.18 Å². The second kappa shape index (κ2) is 9.50. The molecule has 0 saturated heterocycles. The Morgan fingerprint density at radius 2 is 1.68 bits per heavy atom. The Hall–Kier alpha value is -2.89. The van der Waals surface area contributed by atoms with Crippen molar-refractivity contribution in [2.45, 2.75) is 12.3 Å². The van der Waals surface area contributed by atoms with Gasteiger partial charge in [-0.05, 0) is 40.8 Å². The molecule has 0 spiro atoms. The van der Waals surface area contributed by atoms with E-state index in [2.05, 4.69) is 29.6 Å². The molecule has 1 atom stereocenters. The molecule has 160 valence electrons. The van der Waals surface area contributed by atoms with Gasteiger partial charge in [-0.15, -0.1) is 0 Å². The monoisotopic (exact) mass is 439 g/mol. The second-order valence-corrected chi connectivity index (χ2v) is 8.07. The predicted molar refractivity (Wildman–Crippen MR) is 119 cm³/mol. The van der Waals surface area contributed by atoms with E-state index < -0.39 is 11.9 Å². The van der Waals surface area contributed by atoms with Crippen LogP contribution in [0.3, 0.4) is 0 Å². The summed E-state index contributed by atoms with van der Waals surface area (Å²) in [5.74, 6) is -0.828. The molecule has 6 heteroatoms. The van der Waals surface area contributed by atoms with Crippen LogP contribution in [0.15, 0.2) is 66.7 Å². The first-order valence-corrected chi connectivity index (χ1v) is 10.6. The van der Waals surface area contributed by atoms with Gasteiger partial charge >= 0.3 is 6.09 Å². The van der Waals surface area contributed by atoms with Gasteiger partial charge in [0.1, 0.15) is 12.4 Å². The molecule has 0 radical (unpaired) electrons. The van der Waals surface area contributed by atoms with Crippen molar-refractivity contribution >= 4 is 17.7 Å². The van der Waals surface area contributed by atoms with Gasteiger partial charge in [-0.3, -0.25) is 0 Å². The molecule has 0 saturated carbocycles. The number of carbonyl (C=O) groups is 1. The molecule has 2 N–H and O–H groups in total. The summed E-state index contributed by atoms with van der Waals surface area (Å²) >= 11 is 6.06. The maximum absolute atomic E-state index is 14.0. The van der Waals surface area contributed by atoms with Crippen LogP contribution in [-0.2, 0) is 11.2 Å². The predicted octanol–water partition coefficient (Wildman–Crippen LogP) is 5.17. The van der Waals surface area contributed by atoms with Crippen molar-refractivity contribution in [1.82, 2.24) is 5.32 Å². The van der Waals surface area contributed by atoms with E-state index in [0.29, 0.717) is 10.6 Å². The van der Waals surface area contributed by atoms with Gasteiger partial charge in [0.25, 0.3) is 0 Å². The first-order chi connectivity index (χ1) is 15.1. The quantitative estimate of drug-likeness (QED) is 0.534. The zero-order valence-electron chi connectivity index (χ0n) is 16.9. The zero-order valence-corrected chi connectivity index (χ0v) is 17.6. The number of fused-ring (bicyclic) bond motifs is 3. The normalized spacial score (nSPS) is 13.4. The van der Waals surface area contributed by atoms with Crippen molar-refractivity contribution in [2.24, 2.45) is 5.92 Å². The van der Waals surface area contributed by atoms with E-state index in [4.69, 9.17) is 16.3 Å². The van der Waals surface area contributed by atoms with E-state index in [1.807, 2.05) is 24.3 Å². The summed E-state index contributed by atoms with van der Waals surface area (Å²) in [6.45, 7) is 0.148. The fourth-order valence-electron chi connectivity index (χ4n) is 4.09. The van der Waals surface area contributed by atoms with Crippen molar-refractivity contribution in [2.75, 3.05) is 19.8 Å². The Labute approximate surface area is 185 Å². The highest BCUT2D eigenvalue weighted by molar-refractivity contribution is 6.31.